The number of tetrazole rings is 1. The number of nitrogens with zero attached hydrogens (tertiary/aromatic N) is 4. The molecule has 3 aromatic rings. The standard InChI is InChI=1S/C18H18N4O3/c1-13(23)11-22-20-18(19-21-22)15-8-9-16(17(10-15)24-2)25-12-14-6-4-3-5-7-14/h3-10H,11-12H2,1-2H3. The zero-order chi connectivity index (χ0) is 17.6. The molecular formula is C18H18N4O3. The van der Waals surface area contributed by atoms with Crippen molar-refractivity contribution >= 4 is 5.78 Å². The minimum absolute atomic E-state index is 0.0359. The van der Waals surface area contributed by atoms with Gasteiger partial charge in [-0.1, -0.05) is 30.3 Å². The molecule has 0 N–H and O–H groups in total. The van der Waals surface area contributed by atoms with Gasteiger partial charge < -0.3 is 9.47 Å². The smallest absolute Gasteiger partial charge is 0.205 e. The number of rotatable bonds is 7. The predicted molar refractivity (Wildman–Crippen MR) is 91.3 cm³/mol. The molecule has 7 heteroatoms. The van der Waals surface area contributed by atoms with E-state index < -0.39 is 0 Å². The minimum Gasteiger partial charge on any atom is -0.493 e. The van der Waals surface area contributed by atoms with Crippen molar-refractivity contribution in [1.82, 2.24) is 20.2 Å². The predicted octanol–water partition coefficient (Wildman–Crippen LogP) is 2.52. The van der Waals surface area contributed by atoms with Crippen molar-refractivity contribution < 1.29 is 14.3 Å². The summed E-state index contributed by atoms with van der Waals surface area (Å²) in [7, 11) is 1.58. The van der Waals surface area contributed by atoms with Crippen molar-refractivity contribution in [1.29, 1.82) is 0 Å². The van der Waals surface area contributed by atoms with E-state index >= 15 is 0 Å². The molecule has 1 heterocycles. The number of hydrogen-bond donors (Lipinski definition) is 0. The van der Waals surface area contributed by atoms with Gasteiger partial charge in [-0.05, 0) is 35.9 Å². The van der Waals surface area contributed by atoms with Gasteiger partial charge in [-0.2, -0.15) is 4.80 Å². The Bertz CT molecular complexity index is 862. The average molecular weight is 338 g/mol. The Morgan fingerprint density at radius 1 is 1.12 bits per heavy atom. The molecule has 1 aromatic heterocycles. The summed E-state index contributed by atoms with van der Waals surface area (Å²) in [5.41, 5.74) is 1.81. The maximum Gasteiger partial charge on any atom is 0.205 e. The van der Waals surface area contributed by atoms with Crippen molar-refractivity contribution in [2.24, 2.45) is 0 Å². The number of ether oxygens (including phenoxy) is 2. The van der Waals surface area contributed by atoms with E-state index in [0.29, 0.717) is 23.9 Å². The van der Waals surface area contributed by atoms with E-state index in [1.54, 1.807) is 13.2 Å². The normalized spacial score (nSPS) is 10.5. The van der Waals surface area contributed by atoms with Gasteiger partial charge in [0.1, 0.15) is 13.2 Å². The first-order valence-corrected chi connectivity index (χ1v) is 7.78. The molecule has 25 heavy (non-hydrogen) atoms. The number of ketones is 1. The summed E-state index contributed by atoms with van der Waals surface area (Å²) in [4.78, 5) is 12.4. The van der Waals surface area contributed by atoms with Crippen molar-refractivity contribution in [3.8, 4) is 22.9 Å². The fourth-order valence-electron chi connectivity index (χ4n) is 2.29. The molecule has 0 bridgehead atoms. The largest absolute Gasteiger partial charge is 0.493 e. The zero-order valence-corrected chi connectivity index (χ0v) is 14.0. The van der Waals surface area contributed by atoms with Gasteiger partial charge in [-0.3, -0.25) is 4.79 Å². The summed E-state index contributed by atoms with van der Waals surface area (Å²) in [5, 5.41) is 12.0. The number of benzene rings is 2. The Kier molecular flexibility index (Phi) is 5.03. The molecule has 2 aromatic carbocycles. The molecule has 0 aliphatic rings. The van der Waals surface area contributed by atoms with Gasteiger partial charge in [-0.15, -0.1) is 10.2 Å². The first-order valence-electron chi connectivity index (χ1n) is 7.78. The number of methoxy groups -OCH3 is 1. The topological polar surface area (TPSA) is 79.1 Å². The third-order valence-electron chi connectivity index (χ3n) is 3.48. The average Bonchev–Trinajstić information content (AvgIpc) is 3.08. The molecule has 0 saturated heterocycles. The Hall–Kier alpha value is -3.22. The number of carbonyl (C=O) groups excluding carboxylic acids is 1. The highest BCUT2D eigenvalue weighted by atomic mass is 16.5. The molecule has 3 rings (SSSR count). The van der Waals surface area contributed by atoms with Crippen LogP contribution in [0.1, 0.15) is 12.5 Å². The van der Waals surface area contributed by atoms with Crippen LogP contribution in [0.3, 0.4) is 0 Å². The van der Waals surface area contributed by atoms with E-state index in [2.05, 4.69) is 15.4 Å². The second-order valence-corrected chi connectivity index (χ2v) is 5.49. The van der Waals surface area contributed by atoms with Crippen LogP contribution in [0.15, 0.2) is 48.5 Å². The molecule has 0 unspecified atom stereocenters. The van der Waals surface area contributed by atoms with Gasteiger partial charge in [0.25, 0.3) is 0 Å². The quantitative estimate of drug-likeness (QED) is 0.658. The fraction of sp³-hybridized carbons (Fsp3) is 0.222. The SMILES string of the molecule is COc1cc(-c2nnn(CC(C)=O)n2)ccc1OCc1ccccc1. The highest BCUT2D eigenvalue weighted by molar-refractivity contribution is 5.75. The molecule has 0 spiro atoms. The lowest BCUT2D eigenvalue weighted by atomic mass is 10.2. The third-order valence-corrected chi connectivity index (χ3v) is 3.48. The summed E-state index contributed by atoms with van der Waals surface area (Å²) < 4.78 is 11.2. The van der Waals surface area contributed by atoms with Crippen LogP contribution in [0.5, 0.6) is 11.5 Å². The molecule has 0 radical (unpaired) electrons. The first-order chi connectivity index (χ1) is 12.2. The number of aromatic nitrogens is 4. The van der Waals surface area contributed by atoms with Gasteiger partial charge in [0.15, 0.2) is 17.3 Å². The second-order valence-electron chi connectivity index (χ2n) is 5.49. The molecule has 128 valence electrons. The van der Waals surface area contributed by atoms with E-state index in [9.17, 15) is 4.79 Å². The van der Waals surface area contributed by atoms with Crippen LogP contribution >= 0.6 is 0 Å². The number of carbonyl (C=O) groups is 1. The molecule has 0 amide bonds. The summed E-state index contributed by atoms with van der Waals surface area (Å²) in [6.07, 6.45) is 0. The van der Waals surface area contributed by atoms with Crippen LogP contribution in [0.2, 0.25) is 0 Å². The third kappa shape index (κ3) is 4.20. The Balaban J connectivity index is 1.77. The monoisotopic (exact) mass is 338 g/mol. The van der Waals surface area contributed by atoms with Crippen LogP contribution in [0.25, 0.3) is 11.4 Å². The second kappa shape index (κ2) is 7.57. The molecular weight excluding hydrogens is 320 g/mol. The molecule has 0 fully saturated rings. The number of hydrogen-bond acceptors (Lipinski definition) is 6. The minimum atomic E-state index is -0.0359. The van der Waals surface area contributed by atoms with Gasteiger partial charge >= 0.3 is 0 Å². The van der Waals surface area contributed by atoms with Gasteiger partial charge in [0.05, 0.1) is 7.11 Å². The van der Waals surface area contributed by atoms with E-state index in [1.165, 1.54) is 11.7 Å². The van der Waals surface area contributed by atoms with E-state index in [0.717, 1.165) is 11.1 Å². The van der Waals surface area contributed by atoms with Crippen LogP contribution < -0.4 is 9.47 Å². The maximum absolute atomic E-state index is 11.1. The molecule has 0 saturated carbocycles. The van der Waals surface area contributed by atoms with Crippen LogP contribution in [0.4, 0.5) is 0 Å². The summed E-state index contributed by atoms with van der Waals surface area (Å²) in [5.74, 6) is 1.60. The maximum atomic E-state index is 11.1. The lowest BCUT2D eigenvalue weighted by Crippen LogP contribution is -2.09. The van der Waals surface area contributed by atoms with Crippen molar-refractivity contribution in [3.05, 3.63) is 54.1 Å². The molecule has 0 aliphatic heterocycles. The van der Waals surface area contributed by atoms with Crippen molar-refractivity contribution in [2.45, 2.75) is 20.1 Å². The molecule has 0 aliphatic carbocycles. The van der Waals surface area contributed by atoms with E-state index in [4.69, 9.17) is 9.47 Å². The van der Waals surface area contributed by atoms with Crippen LogP contribution in [-0.4, -0.2) is 33.1 Å². The highest BCUT2D eigenvalue weighted by Crippen LogP contribution is 2.31. The zero-order valence-electron chi connectivity index (χ0n) is 14.0. The van der Waals surface area contributed by atoms with Gasteiger partial charge in [0, 0.05) is 5.56 Å². The van der Waals surface area contributed by atoms with Crippen LogP contribution in [0, 0.1) is 0 Å². The van der Waals surface area contributed by atoms with Gasteiger partial charge in [0.2, 0.25) is 5.82 Å². The lowest BCUT2D eigenvalue weighted by molar-refractivity contribution is -0.117. The Morgan fingerprint density at radius 2 is 1.92 bits per heavy atom. The lowest BCUT2D eigenvalue weighted by Gasteiger charge is -2.11. The summed E-state index contributed by atoms with van der Waals surface area (Å²) >= 11 is 0. The molecule has 0 atom stereocenters. The van der Waals surface area contributed by atoms with Crippen LogP contribution in [-0.2, 0) is 17.9 Å². The fourth-order valence-corrected chi connectivity index (χ4v) is 2.29. The van der Waals surface area contributed by atoms with Gasteiger partial charge in [-0.25, -0.2) is 0 Å². The summed E-state index contributed by atoms with van der Waals surface area (Å²) in [6.45, 7) is 2.02. The Morgan fingerprint density at radius 3 is 2.64 bits per heavy atom. The first kappa shape index (κ1) is 16.6. The Labute approximate surface area is 145 Å². The molecule has 7 nitrogen and oxygen atoms in total. The highest BCUT2D eigenvalue weighted by Gasteiger charge is 2.12. The van der Waals surface area contributed by atoms with Crippen molar-refractivity contribution in [3.63, 3.8) is 0 Å². The summed E-state index contributed by atoms with van der Waals surface area (Å²) in [6, 6.07) is 15.3. The van der Waals surface area contributed by atoms with E-state index in [1.807, 2.05) is 42.5 Å². The van der Waals surface area contributed by atoms with Crippen molar-refractivity contribution in [2.75, 3.05) is 7.11 Å². The number of Topliss-reactive ketones (excluding diaryl/α,β-unsaturated/α-hetero) is 1. The van der Waals surface area contributed by atoms with E-state index in [-0.39, 0.29) is 12.3 Å².